The Balaban J connectivity index is 2.61. The van der Waals surface area contributed by atoms with Crippen molar-refractivity contribution in [1.29, 1.82) is 0 Å². The van der Waals surface area contributed by atoms with Crippen molar-refractivity contribution in [3.05, 3.63) is 85.1 Å². The molecule has 0 bridgehead atoms. The molecule has 0 aliphatic carbocycles. The second-order valence-electron chi connectivity index (χ2n) is 22.8. The fourth-order valence-electron chi connectivity index (χ4n) is 10.1. The standard InChI is InChI=1S/C70H123NO10/c1-4-7-10-13-16-19-22-25-27-28-29-30-31-32-33-34-35-36-37-38-39-42-45-48-51-54-57-63(74)69(78)71-61(62(73)56-53-50-47-44-41-24-21-18-15-12-9-6-3)60-79-70-68(67(77)66(76)64(59-72)80-70)81-65(75)58-55-52-49-46-43-40-26-23-20-17-14-11-8-5-2/h7,10,16,19,25,27,29-30,32-33,35-36,53,56,61-64,66-68,70,72-74,76-77H,4-6,8-9,11-15,17-18,20-24,26,28,31,34,37-52,54-55,57-60H2,1-3H3,(H,71,78)/b10-7-,19-16-,27-25-,30-29-,33-32-,36-35-,56-53+. The average molecular weight is 1140 g/mol. The fraction of sp³-hybridized carbons (Fsp3) is 0.771. The molecule has 0 aromatic heterocycles. The summed E-state index contributed by atoms with van der Waals surface area (Å²) in [5, 5.41) is 57.1. The van der Waals surface area contributed by atoms with Crippen LogP contribution in [-0.2, 0) is 23.8 Å². The first-order valence-electron chi connectivity index (χ1n) is 33.4. The first kappa shape index (κ1) is 75.9. The molecule has 1 fully saturated rings. The smallest absolute Gasteiger partial charge is 0.306 e. The van der Waals surface area contributed by atoms with Gasteiger partial charge >= 0.3 is 5.97 Å². The zero-order valence-corrected chi connectivity index (χ0v) is 51.9. The van der Waals surface area contributed by atoms with Gasteiger partial charge in [-0.15, -0.1) is 0 Å². The van der Waals surface area contributed by atoms with Gasteiger partial charge in [0.05, 0.1) is 25.4 Å². The van der Waals surface area contributed by atoms with E-state index in [0.717, 1.165) is 116 Å². The highest BCUT2D eigenvalue weighted by Gasteiger charge is 2.47. The monoisotopic (exact) mass is 1140 g/mol. The summed E-state index contributed by atoms with van der Waals surface area (Å²) in [7, 11) is 0. The quantitative estimate of drug-likeness (QED) is 0.0195. The lowest BCUT2D eigenvalue weighted by molar-refractivity contribution is -0.305. The first-order valence-corrected chi connectivity index (χ1v) is 33.4. The van der Waals surface area contributed by atoms with E-state index in [-0.39, 0.29) is 19.4 Å². The van der Waals surface area contributed by atoms with Crippen LogP contribution in [0.4, 0.5) is 0 Å². The zero-order valence-electron chi connectivity index (χ0n) is 51.9. The number of unbranched alkanes of at least 4 members (excludes halogenated alkanes) is 30. The predicted octanol–water partition coefficient (Wildman–Crippen LogP) is 16.5. The number of carbonyl (C=O) groups is 2. The highest BCUT2D eigenvalue weighted by Crippen LogP contribution is 2.26. The summed E-state index contributed by atoms with van der Waals surface area (Å²) in [6.45, 7) is 5.68. The van der Waals surface area contributed by atoms with Crippen molar-refractivity contribution in [2.24, 2.45) is 0 Å². The molecule has 0 aromatic carbocycles. The molecule has 1 saturated heterocycles. The number of amides is 1. The maximum absolute atomic E-state index is 13.5. The van der Waals surface area contributed by atoms with E-state index in [9.17, 15) is 35.1 Å². The molecule has 468 valence electrons. The van der Waals surface area contributed by atoms with Crippen molar-refractivity contribution < 1.29 is 49.3 Å². The summed E-state index contributed by atoms with van der Waals surface area (Å²) in [4.78, 5) is 26.6. The highest BCUT2D eigenvalue weighted by atomic mass is 16.7. The highest BCUT2D eigenvalue weighted by molar-refractivity contribution is 5.80. The minimum atomic E-state index is -1.62. The van der Waals surface area contributed by atoms with E-state index >= 15 is 0 Å². The third-order valence-electron chi connectivity index (χ3n) is 15.3. The van der Waals surface area contributed by atoms with Gasteiger partial charge in [0.25, 0.3) is 0 Å². The molecule has 0 saturated carbocycles. The van der Waals surface area contributed by atoms with E-state index in [2.05, 4.69) is 99.0 Å². The van der Waals surface area contributed by atoms with Crippen molar-refractivity contribution in [2.75, 3.05) is 13.2 Å². The van der Waals surface area contributed by atoms with E-state index < -0.39 is 67.4 Å². The van der Waals surface area contributed by atoms with Gasteiger partial charge in [-0.3, -0.25) is 9.59 Å². The van der Waals surface area contributed by atoms with E-state index in [1.54, 1.807) is 6.08 Å². The number of ether oxygens (including phenoxy) is 3. The Morgan fingerprint density at radius 1 is 0.494 bits per heavy atom. The molecule has 11 heteroatoms. The molecule has 1 aliphatic heterocycles. The summed E-state index contributed by atoms with van der Waals surface area (Å²) >= 11 is 0. The second-order valence-corrected chi connectivity index (χ2v) is 22.8. The van der Waals surface area contributed by atoms with Crippen LogP contribution < -0.4 is 5.32 Å². The Morgan fingerprint density at radius 2 is 0.889 bits per heavy atom. The molecule has 6 N–H and O–H groups in total. The van der Waals surface area contributed by atoms with Crippen LogP contribution in [0.25, 0.3) is 0 Å². The molecule has 81 heavy (non-hydrogen) atoms. The van der Waals surface area contributed by atoms with Crippen molar-refractivity contribution in [3.8, 4) is 0 Å². The zero-order chi connectivity index (χ0) is 58.9. The molecule has 0 aromatic rings. The van der Waals surface area contributed by atoms with Crippen LogP contribution >= 0.6 is 0 Å². The summed E-state index contributed by atoms with van der Waals surface area (Å²) < 4.78 is 17.6. The van der Waals surface area contributed by atoms with E-state index in [0.29, 0.717) is 12.8 Å². The van der Waals surface area contributed by atoms with E-state index in [1.165, 1.54) is 122 Å². The minimum absolute atomic E-state index is 0.123. The van der Waals surface area contributed by atoms with Gasteiger partial charge in [-0.1, -0.05) is 286 Å². The number of carbonyl (C=O) groups excluding carboxylic acids is 2. The van der Waals surface area contributed by atoms with Gasteiger partial charge in [-0.25, -0.2) is 0 Å². The average Bonchev–Trinajstić information content (AvgIpc) is 3.48. The number of aliphatic hydroxyl groups is 5. The normalized spacial score (nSPS) is 19.2. The number of esters is 1. The van der Waals surface area contributed by atoms with E-state index in [1.807, 2.05) is 6.08 Å². The second kappa shape index (κ2) is 57.3. The van der Waals surface area contributed by atoms with Gasteiger partial charge in [0.2, 0.25) is 5.91 Å². The minimum Gasteiger partial charge on any atom is -0.454 e. The third-order valence-corrected chi connectivity index (χ3v) is 15.3. The number of hydrogen-bond acceptors (Lipinski definition) is 10. The predicted molar refractivity (Wildman–Crippen MR) is 338 cm³/mol. The van der Waals surface area contributed by atoms with Crippen LogP contribution in [0.3, 0.4) is 0 Å². The SMILES string of the molecule is CC/C=C\C/C=C\C/C=C\C/C=C\C/C=C\C/C=C\CCCCCCCCCC(O)C(=O)NC(COC1OC(CO)C(O)C(O)C1OC(=O)CCCCCCCCCCCCCCCC)C(O)/C=C/CCCCCCCCCCCC. The van der Waals surface area contributed by atoms with Gasteiger partial charge in [0.15, 0.2) is 12.4 Å². The van der Waals surface area contributed by atoms with Gasteiger partial charge < -0.3 is 45.1 Å². The molecule has 1 heterocycles. The molecular weight excluding hydrogens is 1010 g/mol. The van der Waals surface area contributed by atoms with Gasteiger partial charge in [0, 0.05) is 6.42 Å². The number of allylic oxidation sites excluding steroid dienone is 13. The van der Waals surface area contributed by atoms with Gasteiger partial charge in [-0.05, 0) is 77.0 Å². The maximum Gasteiger partial charge on any atom is 0.306 e. The number of nitrogens with one attached hydrogen (secondary N) is 1. The molecule has 0 radical (unpaired) electrons. The molecule has 1 aliphatic rings. The summed E-state index contributed by atoms with van der Waals surface area (Å²) in [6, 6.07) is -1.03. The van der Waals surface area contributed by atoms with Crippen molar-refractivity contribution in [3.63, 3.8) is 0 Å². The Labute approximate surface area is 495 Å². The largest absolute Gasteiger partial charge is 0.454 e. The lowest BCUT2D eigenvalue weighted by Gasteiger charge is -2.41. The van der Waals surface area contributed by atoms with Crippen LogP contribution in [0, 0.1) is 0 Å². The van der Waals surface area contributed by atoms with Gasteiger partial charge in [-0.2, -0.15) is 0 Å². The lowest BCUT2D eigenvalue weighted by Crippen LogP contribution is -2.61. The lowest BCUT2D eigenvalue weighted by atomic mass is 9.99. The molecule has 1 amide bonds. The molecule has 8 unspecified atom stereocenters. The first-order chi connectivity index (χ1) is 39.7. The third kappa shape index (κ3) is 45.0. The van der Waals surface area contributed by atoms with Crippen LogP contribution in [0.5, 0.6) is 0 Å². The molecular formula is C70H123NO10. The molecule has 0 spiro atoms. The van der Waals surface area contributed by atoms with Crippen LogP contribution in [0.15, 0.2) is 85.1 Å². The fourth-order valence-corrected chi connectivity index (χ4v) is 10.1. The van der Waals surface area contributed by atoms with Crippen LogP contribution in [0.2, 0.25) is 0 Å². The van der Waals surface area contributed by atoms with Crippen molar-refractivity contribution in [1.82, 2.24) is 5.32 Å². The maximum atomic E-state index is 13.5. The van der Waals surface area contributed by atoms with Gasteiger partial charge in [0.1, 0.15) is 24.4 Å². The molecule has 11 nitrogen and oxygen atoms in total. The topological polar surface area (TPSA) is 175 Å². The summed E-state index contributed by atoms with van der Waals surface area (Å²) in [5.41, 5.74) is 0. The van der Waals surface area contributed by atoms with Crippen LogP contribution in [0.1, 0.15) is 284 Å². The van der Waals surface area contributed by atoms with Crippen LogP contribution in [-0.4, -0.2) is 99.6 Å². The van der Waals surface area contributed by atoms with E-state index in [4.69, 9.17) is 14.2 Å². The van der Waals surface area contributed by atoms with Crippen molar-refractivity contribution >= 4 is 11.9 Å². The molecule has 8 atom stereocenters. The summed E-state index contributed by atoms with van der Waals surface area (Å²) in [6.07, 6.45) is 64.8. The Hall–Kier alpha value is -3.16. The Bertz CT molecular complexity index is 1640. The Kier molecular flexibility index (Phi) is 53.6. The number of rotatable bonds is 56. The number of aliphatic hydroxyl groups excluding tert-OH is 5. The summed E-state index contributed by atoms with van der Waals surface area (Å²) in [5.74, 6) is -1.20. The Morgan fingerprint density at radius 3 is 1.33 bits per heavy atom. The van der Waals surface area contributed by atoms with Crippen molar-refractivity contribution in [2.45, 2.75) is 333 Å². The molecule has 1 rings (SSSR count). The number of hydrogen-bond donors (Lipinski definition) is 6.